The zero-order valence-electron chi connectivity index (χ0n) is 59.0. The average Bonchev–Trinajstić information content (AvgIpc) is 3.73. The summed E-state index contributed by atoms with van der Waals surface area (Å²) in [7, 11) is -9.90. The second kappa shape index (κ2) is 65.4. The Morgan fingerprint density at radius 3 is 0.747 bits per heavy atom. The smallest absolute Gasteiger partial charge is 0.462 e. The van der Waals surface area contributed by atoms with Crippen molar-refractivity contribution in [3.63, 3.8) is 0 Å². The molecule has 17 nitrogen and oxygen atoms in total. The highest BCUT2D eigenvalue weighted by molar-refractivity contribution is 7.47. The number of esters is 4. The maximum atomic E-state index is 13.0. The average molecular weight is 1340 g/mol. The Kier molecular flexibility index (Phi) is 64.0. The number of carbonyl (C=O) groups excluding carboxylic acids is 4. The fourth-order valence-electron chi connectivity index (χ4n) is 11.0. The van der Waals surface area contributed by atoms with E-state index in [0.717, 1.165) is 95.8 Å². The molecular weight excluding hydrogens is 1200 g/mol. The summed E-state index contributed by atoms with van der Waals surface area (Å²) in [4.78, 5) is 72.6. The van der Waals surface area contributed by atoms with Crippen LogP contribution in [0.1, 0.15) is 375 Å². The molecule has 0 fully saturated rings. The fraction of sp³-hybridized carbons (Fsp3) is 0.944. The second-order valence-corrected chi connectivity index (χ2v) is 29.4. The molecule has 0 aromatic carbocycles. The van der Waals surface area contributed by atoms with Gasteiger partial charge in [-0.25, -0.2) is 9.13 Å². The van der Waals surface area contributed by atoms with Gasteiger partial charge in [0.05, 0.1) is 26.4 Å². The summed E-state index contributed by atoms with van der Waals surface area (Å²) in [5.74, 6) is -1.36. The topological polar surface area (TPSA) is 237 Å². The first-order valence-corrected chi connectivity index (χ1v) is 40.6. The SMILES string of the molecule is CCCCCCCCCCCCCCCCCCCCC(=O)O[C@H](COC(=O)CCCCCCCCCCCCC(C)C)COP(=O)(O)OC[C@@H](O)COP(=O)(O)OC[C@@H](COC(=O)CCCCCCCCCCCC)OC(=O)CCCCCCCCCCCC. The van der Waals surface area contributed by atoms with Crippen LogP contribution in [0.5, 0.6) is 0 Å². The van der Waals surface area contributed by atoms with E-state index >= 15 is 0 Å². The molecule has 0 saturated heterocycles. The van der Waals surface area contributed by atoms with Crippen LogP contribution in [-0.4, -0.2) is 96.7 Å². The molecule has 0 heterocycles. The number of carbonyl (C=O) groups is 4. The van der Waals surface area contributed by atoms with E-state index in [1.165, 1.54) is 199 Å². The first-order chi connectivity index (χ1) is 44.0. The molecule has 0 aliphatic heterocycles. The number of aliphatic hydroxyl groups is 1. The quantitative estimate of drug-likeness (QED) is 0.0222. The molecule has 0 aliphatic rings. The Balaban J connectivity index is 5.21. The minimum Gasteiger partial charge on any atom is -0.462 e. The third-order valence-corrected chi connectivity index (χ3v) is 18.7. The zero-order valence-corrected chi connectivity index (χ0v) is 60.8. The lowest BCUT2D eigenvalue weighted by Crippen LogP contribution is -2.30. The molecule has 0 radical (unpaired) electrons. The van der Waals surface area contributed by atoms with E-state index in [1.54, 1.807) is 0 Å². The lowest BCUT2D eigenvalue weighted by Gasteiger charge is -2.21. The van der Waals surface area contributed by atoms with Gasteiger partial charge in [-0.15, -0.1) is 0 Å². The monoisotopic (exact) mass is 1340 g/mol. The van der Waals surface area contributed by atoms with Crippen molar-refractivity contribution < 1.29 is 80.2 Å². The van der Waals surface area contributed by atoms with Crippen LogP contribution in [0, 0.1) is 5.92 Å². The van der Waals surface area contributed by atoms with Crippen molar-refractivity contribution in [2.24, 2.45) is 5.92 Å². The Hall–Kier alpha value is -1.94. The fourth-order valence-corrected chi connectivity index (χ4v) is 12.6. The van der Waals surface area contributed by atoms with E-state index < -0.39 is 97.5 Å². The van der Waals surface area contributed by atoms with E-state index in [2.05, 4.69) is 34.6 Å². The molecule has 19 heteroatoms. The van der Waals surface area contributed by atoms with Gasteiger partial charge in [0.25, 0.3) is 0 Å². The normalized spacial score (nSPS) is 14.0. The molecule has 0 aliphatic carbocycles. The highest BCUT2D eigenvalue weighted by atomic mass is 31.2. The molecule has 0 spiro atoms. The van der Waals surface area contributed by atoms with Gasteiger partial charge >= 0.3 is 39.5 Å². The number of unbranched alkanes of at least 4 members (excludes halogenated alkanes) is 44. The molecule has 0 aromatic heterocycles. The van der Waals surface area contributed by atoms with Gasteiger partial charge in [-0.05, 0) is 31.6 Å². The summed E-state index contributed by atoms with van der Waals surface area (Å²) in [6, 6.07) is 0. The van der Waals surface area contributed by atoms with Crippen LogP contribution >= 0.6 is 15.6 Å². The van der Waals surface area contributed by atoms with Gasteiger partial charge in [0.1, 0.15) is 19.3 Å². The molecule has 2 unspecified atom stereocenters. The summed E-state index contributed by atoms with van der Waals surface area (Å²) in [5.41, 5.74) is 0. The maximum absolute atomic E-state index is 13.0. The van der Waals surface area contributed by atoms with E-state index in [0.29, 0.717) is 25.7 Å². The standard InChI is InChI=1S/C72H140O17P2/c1-6-9-12-15-18-21-24-25-26-27-28-29-30-31-38-43-48-53-58-72(77)89-68(62-83-70(75)56-51-46-41-37-33-32-34-39-44-49-54-65(4)5)64-87-91(80,81)85-60-66(73)59-84-90(78,79)86-63-67(88-71(76)57-52-47-42-36-23-20-17-14-11-8-3)61-82-69(74)55-50-45-40-35-22-19-16-13-10-7-2/h65-68,73H,6-64H2,1-5H3,(H,78,79)(H,80,81)/t66-,67+,68+/m0/s1. The molecule has 0 bridgehead atoms. The Morgan fingerprint density at radius 2 is 0.505 bits per heavy atom. The van der Waals surface area contributed by atoms with E-state index in [1.807, 2.05) is 0 Å². The zero-order chi connectivity index (χ0) is 67.0. The minimum absolute atomic E-state index is 0.107. The van der Waals surface area contributed by atoms with Crippen molar-refractivity contribution in [1.29, 1.82) is 0 Å². The van der Waals surface area contributed by atoms with Crippen LogP contribution in [0.25, 0.3) is 0 Å². The van der Waals surface area contributed by atoms with Gasteiger partial charge in [-0.2, -0.15) is 0 Å². The minimum atomic E-state index is -4.95. The molecule has 5 atom stereocenters. The summed E-state index contributed by atoms with van der Waals surface area (Å²) >= 11 is 0. The van der Waals surface area contributed by atoms with Crippen molar-refractivity contribution >= 4 is 39.5 Å². The first kappa shape index (κ1) is 89.1. The summed E-state index contributed by atoms with van der Waals surface area (Å²) in [5, 5.41) is 10.6. The van der Waals surface area contributed by atoms with Crippen LogP contribution < -0.4 is 0 Å². The molecule has 540 valence electrons. The Labute approximate surface area is 556 Å². The summed E-state index contributed by atoms with van der Waals surface area (Å²) < 4.78 is 68.3. The molecule has 0 rings (SSSR count). The van der Waals surface area contributed by atoms with Crippen LogP contribution in [0.3, 0.4) is 0 Å². The third-order valence-electron chi connectivity index (χ3n) is 16.8. The summed E-state index contributed by atoms with van der Waals surface area (Å²) in [6.45, 7) is 7.24. The number of phosphoric acid groups is 2. The predicted octanol–water partition coefficient (Wildman–Crippen LogP) is 20.9. The lowest BCUT2D eigenvalue weighted by molar-refractivity contribution is -0.161. The summed E-state index contributed by atoms with van der Waals surface area (Å²) in [6.07, 6.45) is 52.7. The van der Waals surface area contributed by atoms with Crippen LogP contribution in [0.2, 0.25) is 0 Å². The van der Waals surface area contributed by atoms with Crippen LogP contribution in [0.4, 0.5) is 0 Å². The van der Waals surface area contributed by atoms with Gasteiger partial charge in [-0.1, -0.05) is 324 Å². The van der Waals surface area contributed by atoms with Gasteiger partial charge in [-0.3, -0.25) is 37.3 Å². The van der Waals surface area contributed by atoms with Crippen LogP contribution in [-0.2, 0) is 65.4 Å². The third kappa shape index (κ3) is 66.5. The van der Waals surface area contributed by atoms with E-state index in [4.69, 9.17) is 37.0 Å². The van der Waals surface area contributed by atoms with Gasteiger partial charge in [0.2, 0.25) is 0 Å². The van der Waals surface area contributed by atoms with E-state index in [9.17, 15) is 43.2 Å². The molecule has 0 aromatic rings. The predicted molar refractivity (Wildman–Crippen MR) is 368 cm³/mol. The molecule has 3 N–H and O–H groups in total. The highest BCUT2D eigenvalue weighted by Crippen LogP contribution is 2.45. The largest absolute Gasteiger partial charge is 0.472 e. The second-order valence-electron chi connectivity index (χ2n) is 26.5. The van der Waals surface area contributed by atoms with Crippen molar-refractivity contribution in [1.82, 2.24) is 0 Å². The lowest BCUT2D eigenvalue weighted by atomic mass is 10.0. The number of phosphoric ester groups is 2. The molecule has 91 heavy (non-hydrogen) atoms. The van der Waals surface area contributed by atoms with Gasteiger partial charge in [0.15, 0.2) is 12.2 Å². The number of hydrogen-bond acceptors (Lipinski definition) is 15. The Morgan fingerprint density at radius 1 is 0.297 bits per heavy atom. The highest BCUT2D eigenvalue weighted by Gasteiger charge is 2.30. The first-order valence-electron chi connectivity index (χ1n) is 37.6. The number of aliphatic hydroxyl groups excluding tert-OH is 1. The molecule has 0 saturated carbocycles. The van der Waals surface area contributed by atoms with Gasteiger partial charge in [0, 0.05) is 25.7 Å². The van der Waals surface area contributed by atoms with Crippen LogP contribution in [0.15, 0.2) is 0 Å². The molecule has 0 amide bonds. The van der Waals surface area contributed by atoms with Crippen molar-refractivity contribution in [3.05, 3.63) is 0 Å². The number of rotatable bonds is 72. The van der Waals surface area contributed by atoms with Crippen molar-refractivity contribution in [3.8, 4) is 0 Å². The number of hydrogen-bond donors (Lipinski definition) is 3. The van der Waals surface area contributed by atoms with E-state index in [-0.39, 0.29) is 25.7 Å². The van der Waals surface area contributed by atoms with Crippen molar-refractivity contribution in [2.45, 2.75) is 393 Å². The number of ether oxygens (including phenoxy) is 4. The molecular formula is C72H140O17P2. The van der Waals surface area contributed by atoms with Gasteiger partial charge < -0.3 is 33.8 Å². The maximum Gasteiger partial charge on any atom is 0.472 e. The van der Waals surface area contributed by atoms with Crippen molar-refractivity contribution in [2.75, 3.05) is 39.6 Å². The Bertz CT molecular complexity index is 1750.